The van der Waals surface area contributed by atoms with E-state index >= 15 is 0 Å². The highest BCUT2D eigenvalue weighted by Gasteiger charge is 2.40. The molecule has 1 fully saturated rings. The third kappa shape index (κ3) is 6.19. The Hall–Kier alpha value is -4.21. The van der Waals surface area contributed by atoms with Crippen LogP contribution in [0.15, 0.2) is 42.5 Å². The quantitative estimate of drug-likeness (QED) is 0.486. The lowest BCUT2D eigenvalue weighted by molar-refractivity contribution is -0.115. The fourth-order valence-corrected chi connectivity index (χ4v) is 4.63. The number of amides is 5. The second-order valence-corrected chi connectivity index (χ2v) is 10.4. The molecule has 4 rings (SSSR count). The van der Waals surface area contributed by atoms with E-state index in [0.29, 0.717) is 16.9 Å². The van der Waals surface area contributed by atoms with E-state index in [9.17, 15) is 24.0 Å². The molecule has 0 spiro atoms. The van der Waals surface area contributed by atoms with Gasteiger partial charge < -0.3 is 20.7 Å². The van der Waals surface area contributed by atoms with Crippen molar-refractivity contribution >= 4 is 41.1 Å². The van der Waals surface area contributed by atoms with Crippen molar-refractivity contribution in [2.45, 2.75) is 64.5 Å². The Bertz CT molecular complexity index is 1280. The van der Waals surface area contributed by atoms with Crippen LogP contribution in [-0.2, 0) is 9.53 Å². The maximum Gasteiger partial charge on any atom is 0.408 e. The molecule has 10 nitrogen and oxygen atoms in total. The van der Waals surface area contributed by atoms with Gasteiger partial charge in [0.25, 0.3) is 17.7 Å². The molecule has 2 aliphatic rings. The van der Waals surface area contributed by atoms with E-state index in [1.165, 1.54) is 23.1 Å². The number of para-hydroxylation sites is 2. The van der Waals surface area contributed by atoms with Crippen molar-refractivity contribution in [3.05, 3.63) is 59.2 Å². The minimum absolute atomic E-state index is 0.103. The lowest BCUT2D eigenvalue weighted by atomic mass is 9.94. The highest BCUT2D eigenvalue weighted by molar-refractivity contribution is 6.22. The number of anilines is 2. The number of hydrogen-bond donors (Lipinski definition) is 3. The topological polar surface area (TPSA) is 134 Å². The van der Waals surface area contributed by atoms with Crippen LogP contribution in [0.5, 0.6) is 0 Å². The van der Waals surface area contributed by atoms with Gasteiger partial charge in [0.05, 0.1) is 22.5 Å². The first-order valence-corrected chi connectivity index (χ1v) is 12.7. The molecule has 1 heterocycles. The van der Waals surface area contributed by atoms with E-state index in [2.05, 4.69) is 16.0 Å². The molecular weight excluding hydrogens is 488 g/mol. The van der Waals surface area contributed by atoms with E-state index in [1.54, 1.807) is 45.0 Å². The Balaban J connectivity index is 1.42. The lowest BCUT2D eigenvalue weighted by Crippen LogP contribution is -2.40. The number of ether oxygens (including phenoxy) is 1. The fourth-order valence-electron chi connectivity index (χ4n) is 4.63. The summed E-state index contributed by atoms with van der Waals surface area (Å²) in [6.07, 6.45) is 3.95. The summed E-state index contributed by atoms with van der Waals surface area (Å²) in [5.74, 6) is -1.69. The van der Waals surface area contributed by atoms with Crippen LogP contribution in [0.3, 0.4) is 0 Å². The first-order valence-electron chi connectivity index (χ1n) is 12.7. The van der Waals surface area contributed by atoms with Crippen LogP contribution in [0.4, 0.5) is 16.2 Å². The molecule has 200 valence electrons. The summed E-state index contributed by atoms with van der Waals surface area (Å²) in [4.78, 5) is 64.6. The van der Waals surface area contributed by atoms with Crippen molar-refractivity contribution in [1.29, 1.82) is 0 Å². The van der Waals surface area contributed by atoms with Gasteiger partial charge in [-0.15, -0.1) is 0 Å². The van der Waals surface area contributed by atoms with Gasteiger partial charge in [-0.05, 0) is 63.9 Å². The Morgan fingerprint density at radius 1 is 0.895 bits per heavy atom. The molecule has 0 unspecified atom stereocenters. The highest BCUT2D eigenvalue weighted by Crippen LogP contribution is 2.32. The third-order valence-electron chi connectivity index (χ3n) is 6.36. The molecule has 1 saturated carbocycles. The van der Waals surface area contributed by atoms with Crippen LogP contribution in [0.25, 0.3) is 0 Å². The molecule has 1 aliphatic carbocycles. The molecule has 0 bridgehead atoms. The van der Waals surface area contributed by atoms with Gasteiger partial charge >= 0.3 is 6.09 Å². The number of fused-ring (bicyclic) bond motifs is 1. The predicted octanol–water partition coefficient (Wildman–Crippen LogP) is 4.33. The van der Waals surface area contributed by atoms with Crippen molar-refractivity contribution < 1.29 is 28.7 Å². The minimum Gasteiger partial charge on any atom is -0.444 e. The average Bonchev–Trinajstić information content (AvgIpc) is 3.12. The zero-order chi connectivity index (χ0) is 27.4. The van der Waals surface area contributed by atoms with Crippen LogP contribution >= 0.6 is 0 Å². The molecule has 0 aromatic heterocycles. The van der Waals surface area contributed by atoms with Gasteiger partial charge in [-0.3, -0.25) is 24.1 Å². The zero-order valence-electron chi connectivity index (χ0n) is 21.8. The summed E-state index contributed by atoms with van der Waals surface area (Å²) in [5, 5.41) is 7.78. The van der Waals surface area contributed by atoms with Crippen molar-refractivity contribution in [2.24, 2.45) is 0 Å². The monoisotopic (exact) mass is 520 g/mol. The molecule has 2 aromatic carbocycles. The van der Waals surface area contributed by atoms with Gasteiger partial charge in [0.15, 0.2) is 0 Å². The second-order valence-electron chi connectivity index (χ2n) is 10.4. The number of hydrogen-bond acceptors (Lipinski definition) is 6. The molecule has 38 heavy (non-hydrogen) atoms. The highest BCUT2D eigenvalue weighted by atomic mass is 16.6. The van der Waals surface area contributed by atoms with Crippen LogP contribution in [0, 0.1) is 0 Å². The van der Waals surface area contributed by atoms with Gasteiger partial charge in [-0.25, -0.2) is 4.79 Å². The number of benzene rings is 2. The van der Waals surface area contributed by atoms with Gasteiger partial charge in [0, 0.05) is 11.6 Å². The molecule has 2 aromatic rings. The maximum atomic E-state index is 13.1. The molecule has 0 radical (unpaired) electrons. The minimum atomic E-state index is -0.721. The van der Waals surface area contributed by atoms with Crippen LogP contribution in [-0.4, -0.2) is 52.8 Å². The van der Waals surface area contributed by atoms with Gasteiger partial charge in [-0.2, -0.15) is 0 Å². The number of rotatable bonds is 6. The summed E-state index contributed by atoms with van der Waals surface area (Å²) >= 11 is 0. The number of carbonyl (C=O) groups excluding carboxylic acids is 5. The Morgan fingerprint density at radius 2 is 1.53 bits per heavy atom. The Kier molecular flexibility index (Phi) is 7.80. The predicted molar refractivity (Wildman–Crippen MR) is 141 cm³/mol. The van der Waals surface area contributed by atoms with Crippen molar-refractivity contribution in [1.82, 2.24) is 10.2 Å². The standard InChI is InChI=1S/C28H32N4O6/c1-28(2,3)38-27(37)29-16-23(33)30-21-11-7-8-12-22(21)31-24(34)17-13-14-19-20(15-17)26(36)32(25(19)35)18-9-5-4-6-10-18/h7-8,11-15,18H,4-6,9-10,16H2,1-3H3,(H,29,37)(H,30,33)(H,31,34). The zero-order valence-corrected chi connectivity index (χ0v) is 21.8. The second kappa shape index (κ2) is 11.0. The number of alkyl carbamates (subject to hydrolysis) is 1. The molecule has 10 heteroatoms. The van der Waals surface area contributed by atoms with E-state index < -0.39 is 23.5 Å². The molecule has 1 aliphatic heterocycles. The normalized spacial score (nSPS) is 15.6. The van der Waals surface area contributed by atoms with Gasteiger partial charge in [0.1, 0.15) is 12.1 Å². The third-order valence-corrected chi connectivity index (χ3v) is 6.36. The maximum absolute atomic E-state index is 13.1. The first kappa shape index (κ1) is 26.8. The smallest absolute Gasteiger partial charge is 0.408 e. The molecule has 0 atom stereocenters. The van der Waals surface area contributed by atoms with E-state index in [-0.39, 0.29) is 35.5 Å². The number of imide groups is 1. The number of carbonyl (C=O) groups is 5. The van der Waals surface area contributed by atoms with Crippen molar-refractivity contribution in [2.75, 3.05) is 17.2 Å². The van der Waals surface area contributed by atoms with Crippen LogP contribution < -0.4 is 16.0 Å². The Labute approximate surface area is 221 Å². The average molecular weight is 521 g/mol. The van der Waals surface area contributed by atoms with Crippen LogP contribution in [0.1, 0.15) is 83.9 Å². The van der Waals surface area contributed by atoms with E-state index in [4.69, 9.17) is 4.74 Å². The summed E-state index contributed by atoms with van der Waals surface area (Å²) in [7, 11) is 0. The van der Waals surface area contributed by atoms with Crippen LogP contribution in [0.2, 0.25) is 0 Å². The summed E-state index contributed by atoms with van der Waals surface area (Å²) in [6.45, 7) is 4.82. The number of nitrogens with zero attached hydrogens (tertiary/aromatic N) is 1. The van der Waals surface area contributed by atoms with E-state index in [0.717, 1.165) is 32.1 Å². The van der Waals surface area contributed by atoms with Crippen molar-refractivity contribution in [3.8, 4) is 0 Å². The number of nitrogens with one attached hydrogen (secondary N) is 3. The van der Waals surface area contributed by atoms with Gasteiger partial charge in [0.2, 0.25) is 5.91 Å². The molecular formula is C28H32N4O6. The Morgan fingerprint density at radius 3 is 2.18 bits per heavy atom. The fraction of sp³-hybridized carbons (Fsp3) is 0.393. The SMILES string of the molecule is CC(C)(C)OC(=O)NCC(=O)Nc1ccccc1NC(=O)c1ccc2c(c1)C(=O)N(C1CCCCC1)C2=O. The summed E-state index contributed by atoms with van der Waals surface area (Å²) in [6, 6.07) is 11.0. The summed E-state index contributed by atoms with van der Waals surface area (Å²) < 4.78 is 5.12. The first-order chi connectivity index (χ1) is 18.0. The molecule has 3 N–H and O–H groups in total. The summed E-state index contributed by atoms with van der Waals surface area (Å²) in [5.41, 5.74) is 0.706. The molecule has 5 amide bonds. The van der Waals surface area contributed by atoms with Gasteiger partial charge in [-0.1, -0.05) is 31.4 Å². The lowest BCUT2D eigenvalue weighted by Gasteiger charge is -2.29. The molecule has 0 saturated heterocycles. The van der Waals surface area contributed by atoms with Crippen molar-refractivity contribution in [3.63, 3.8) is 0 Å². The van der Waals surface area contributed by atoms with E-state index in [1.807, 2.05) is 0 Å². The largest absolute Gasteiger partial charge is 0.444 e.